The number of carbonyl (C=O) groups excluding carboxylic acids is 1. The van der Waals surface area contributed by atoms with E-state index in [-0.39, 0.29) is 11.9 Å². The van der Waals surface area contributed by atoms with Crippen LogP contribution in [0.4, 0.5) is 0 Å². The summed E-state index contributed by atoms with van der Waals surface area (Å²) >= 11 is 2.03. The van der Waals surface area contributed by atoms with Gasteiger partial charge in [-0.05, 0) is 24.8 Å². The van der Waals surface area contributed by atoms with E-state index in [9.17, 15) is 4.79 Å². The van der Waals surface area contributed by atoms with E-state index in [4.69, 9.17) is 0 Å². The number of hydrogen-bond donors (Lipinski definition) is 2. The zero-order valence-electron chi connectivity index (χ0n) is 11.3. The van der Waals surface area contributed by atoms with Crippen LogP contribution in [0, 0.1) is 5.92 Å². The molecule has 1 aliphatic heterocycles. The maximum atomic E-state index is 11.5. The van der Waals surface area contributed by atoms with Gasteiger partial charge in [0.15, 0.2) is 0 Å². The molecule has 1 heterocycles. The molecule has 1 saturated carbocycles. The fourth-order valence-corrected chi connectivity index (χ4v) is 4.56. The molecule has 2 N–H and O–H groups in total. The van der Waals surface area contributed by atoms with E-state index in [1.165, 1.54) is 25.3 Å². The van der Waals surface area contributed by atoms with Gasteiger partial charge in [0.2, 0.25) is 5.91 Å². The van der Waals surface area contributed by atoms with Gasteiger partial charge in [0.1, 0.15) is 0 Å². The van der Waals surface area contributed by atoms with Gasteiger partial charge in [-0.2, -0.15) is 11.8 Å². The molecule has 0 spiro atoms. The second kappa shape index (κ2) is 6.11. The van der Waals surface area contributed by atoms with Crippen LogP contribution in [0.3, 0.4) is 0 Å². The summed E-state index contributed by atoms with van der Waals surface area (Å²) in [5, 5.41) is 7.39. The normalized spacial score (nSPS) is 32.3. The molecule has 4 heteroatoms. The Bertz CT molecular complexity index is 315. The van der Waals surface area contributed by atoms with E-state index in [0.29, 0.717) is 17.3 Å². The standard InChI is InChI=1S/C14H24N2OS/c1-4-12(17)16-11-8-18-14(10-6-5-7-10)13(11)15-9(2)3/h4,9-11,13-15H,1,5-8H2,2-3H3,(H,16,17). The Morgan fingerprint density at radius 3 is 2.67 bits per heavy atom. The first-order valence-corrected chi connectivity index (χ1v) is 7.97. The number of carbonyl (C=O) groups is 1. The highest BCUT2D eigenvalue weighted by atomic mass is 32.2. The average molecular weight is 268 g/mol. The highest BCUT2D eigenvalue weighted by molar-refractivity contribution is 8.00. The maximum Gasteiger partial charge on any atom is 0.243 e. The number of thioether (sulfide) groups is 1. The van der Waals surface area contributed by atoms with Crippen molar-refractivity contribution in [1.29, 1.82) is 0 Å². The van der Waals surface area contributed by atoms with Crippen LogP contribution in [-0.2, 0) is 4.79 Å². The molecule has 0 aromatic carbocycles. The molecule has 3 atom stereocenters. The van der Waals surface area contributed by atoms with Crippen LogP contribution in [0.2, 0.25) is 0 Å². The minimum atomic E-state index is -0.0505. The predicted octanol–water partition coefficient (Wildman–Crippen LogP) is 1.94. The molecular formula is C14H24N2OS. The smallest absolute Gasteiger partial charge is 0.243 e. The van der Waals surface area contributed by atoms with Crippen molar-refractivity contribution in [2.75, 3.05) is 5.75 Å². The highest BCUT2D eigenvalue weighted by Crippen LogP contribution is 2.42. The lowest BCUT2D eigenvalue weighted by Crippen LogP contribution is -2.55. The number of rotatable bonds is 5. The fourth-order valence-electron chi connectivity index (χ4n) is 2.82. The first-order chi connectivity index (χ1) is 8.61. The van der Waals surface area contributed by atoms with E-state index in [1.807, 2.05) is 11.8 Å². The minimum Gasteiger partial charge on any atom is -0.347 e. The van der Waals surface area contributed by atoms with Crippen molar-refractivity contribution in [3.8, 4) is 0 Å². The monoisotopic (exact) mass is 268 g/mol. The summed E-state index contributed by atoms with van der Waals surface area (Å²) in [7, 11) is 0. The summed E-state index contributed by atoms with van der Waals surface area (Å²) in [6.45, 7) is 7.88. The van der Waals surface area contributed by atoms with Crippen LogP contribution in [-0.4, -0.2) is 35.0 Å². The predicted molar refractivity (Wildman–Crippen MR) is 77.8 cm³/mol. The van der Waals surface area contributed by atoms with Crippen molar-refractivity contribution in [3.05, 3.63) is 12.7 Å². The Labute approximate surface area is 114 Å². The number of nitrogens with one attached hydrogen (secondary N) is 2. The first kappa shape index (κ1) is 13.9. The molecule has 0 aromatic heterocycles. The maximum absolute atomic E-state index is 11.5. The fraction of sp³-hybridized carbons (Fsp3) is 0.786. The highest BCUT2D eigenvalue weighted by Gasteiger charge is 2.43. The van der Waals surface area contributed by atoms with Gasteiger partial charge in [0.05, 0.1) is 6.04 Å². The summed E-state index contributed by atoms with van der Waals surface area (Å²) in [6.07, 6.45) is 5.46. The van der Waals surface area contributed by atoms with Crippen LogP contribution in [0.1, 0.15) is 33.1 Å². The Hall–Kier alpha value is -0.480. The Morgan fingerprint density at radius 2 is 2.17 bits per heavy atom. The third-order valence-electron chi connectivity index (χ3n) is 3.91. The molecule has 18 heavy (non-hydrogen) atoms. The molecule has 0 radical (unpaired) electrons. The quantitative estimate of drug-likeness (QED) is 0.749. The number of amides is 1. The lowest BCUT2D eigenvalue weighted by Gasteiger charge is -2.36. The molecule has 2 fully saturated rings. The van der Waals surface area contributed by atoms with E-state index >= 15 is 0 Å². The number of hydrogen-bond acceptors (Lipinski definition) is 3. The Kier molecular flexibility index (Phi) is 4.73. The largest absolute Gasteiger partial charge is 0.347 e. The van der Waals surface area contributed by atoms with Crippen LogP contribution >= 0.6 is 11.8 Å². The van der Waals surface area contributed by atoms with E-state index in [2.05, 4.69) is 31.1 Å². The summed E-state index contributed by atoms with van der Waals surface area (Å²) in [5.74, 6) is 1.81. The molecule has 0 aromatic rings. The first-order valence-electron chi connectivity index (χ1n) is 6.92. The summed E-state index contributed by atoms with van der Waals surface area (Å²) < 4.78 is 0. The zero-order valence-corrected chi connectivity index (χ0v) is 12.1. The van der Waals surface area contributed by atoms with Crippen molar-refractivity contribution < 1.29 is 4.79 Å². The SMILES string of the molecule is C=CC(=O)NC1CSC(C2CCC2)C1NC(C)C. The van der Waals surface area contributed by atoms with Gasteiger partial charge in [0, 0.05) is 23.1 Å². The van der Waals surface area contributed by atoms with Crippen molar-refractivity contribution >= 4 is 17.7 Å². The van der Waals surface area contributed by atoms with E-state index in [0.717, 1.165) is 11.7 Å². The van der Waals surface area contributed by atoms with Crippen LogP contribution < -0.4 is 10.6 Å². The van der Waals surface area contributed by atoms with Gasteiger partial charge in [-0.15, -0.1) is 0 Å². The van der Waals surface area contributed by atoms with Crippen LogP contribution in [0.5, 0.6) is 0 Å². The molecule has 2 aliphatic rings. The second-order valence-electron chi connectivity index (χ2n) is 5.66. The molecule has 1 amide bonds. The third kappa shape index (κ3) is 3.09. The molecule has 0 bridgehead atoms. The topological polar surface area (TPSA) is 41.1 Å². The minimum absolute atomic E-state index is 0.0505. The van der Waals surface area contributed by atoms with Crippen molar-refractivity contribution in [2.45, 2.75) is 56.5 Å². The summed E-state index contributed by atoms with van der Waals surface area (Å²) in [5.41, 5.74) is 0. The molecule has 2 rings (SSSR count). The summed E-state index contributed by atoms with van der Waals surface area (Å²) in [4.78, 5) is 11.5. The third-order valence-corrected chi connectivity index (χ3v) is 5.52. The lowest BCUT2D eigenvalue weighted by atomic mass is 9.79. The second-order valence-corrected chi connectivity index (χ2v) is 6.87. The van der Waals surface area contributed by atoms with E-state index in [1.54, 1.807) is 0 Å². The van der Waals surface area contributed by atoms with Crippen LogP contribution in [0.25, 0.3) is 0 Å². The molecule has 1 saturated heterocycles. The van der Waals surface area contributed by atoms with Crippen molar-refractivity contribution in [3.63, 3.8) is 0 Å². The van der Waals surface area contributed by atoms with Gasteiger partial charge in [-0.25, -0.2) is 0 Å². The Morgan fingerprint density at radius 1 is 1.44 bits per heavy atom. The molecular weight excluding hydrogens is 244 g/mol. The van der Waals surface area contributed by atoms with Gasteiger partial charge in [0.25, 0.3) is 0 Å². The molecule has 3 unspecified atom stereocenters. The van der Waals surface area contributed by atoms with Gasteiger partial charge in [-0.3, -0.25) is 4.79 Å². The summed E-state index contributed by atoms with van der Waals surface area (Å²) in [6, 6.07) is 1.11. The van der Waals surface area contributed by atoms with Crippen molar-refractivity contribution in [2.24, 2.45) is 5.92 Å². The zero-order chi connectivity index (χ0) is 13.1. The molecule has 102 valence electrons. The average Bonchev–Trinajstić information content (AvgIpc) is 2.59. The molecule has 1 aliphatic carbocycles. The van der Waals surface area contributed by atoms with E-state index < -0.39 is 0 Å². The molecule has 3 nitrogen and oxygen atoms in total. The van der Waals surface area contributed by atoms with Crippen LogP contribution in [0.15, 0.2) is 12.7 Å². The lowest BCUT2D eigenvalue weighted by molar-refractivity contribution is -0.117. The Balaban J connectivity index is 2.00. The van der Waals surface area contributed by atoms with Gasteiger partial charge in [-0.1, -0.05) is 26.8 Å². The van der Waals surface area contributed by atoms with Gasteiger partial charge >= 0.3 is 0 Å². The van der Waals surface area contributed by atoms with Gasteiger partial charge < -0.3 is 10.6 Å². The van der Waals surface area contributed by atoms with Crippen molar-refractivity contribution in [1.82, 2.24) is 10.6 Å².